The van der Waals surface area contributed by atoms with Crippen molar-refractivity contribution in [3.05, 3.63) is 47.2 Å². The number of carboxylic acid groups (broad SMARTS) is 2. The number of carbonyl (C=O) groups is 3. The molecule has 8 nitrogen and oxygen atoms in total. The third-order valence-corrected chi connectivity index (χ3v) is 2.65. The van der Waals surface area contributed by atoms with Crippen molar-refractivity contribution in [1.29, 1.82) is 0 Å². The Bertz CT molecular complexity index is 702. The summed E-state index contributed by atoms with van der Waals surface area (Å²) in [6.45, 7) is 0. The van der Waals surface area contributed by atoms with Gasteiger partial charge < -0.3 is 15.9 Å². The summed E-state index contributed by atoms with van der Waals surface area (Å²) < 4.78 is 0. The number of aliphatic carboxylic acids is 2. The maximum atomic E-state index is 11.2. The summed E-state index contributed by atoms with van der Waals surface area (Å²) in [6.07, 6.45) is 1.46. The fraction of sp³-hybridized carbons (Fsp3) is 0. The van der Waals surface area contributed by atoms with E-state index >= 15 is 0 Å². The van der Waals surface area contributed by atoms with Gasteiger partial charge in [-0.2, -0.15) is 0 Å². The van der Waals surface area contributed by atoms with E-state index in [4.69, 9.17) is 20.8 Å². The highest BCUT2D eigenvalue weighted by Gasteiger charge is 2.25. The lowest BCUT2D eigenvalue weighted by molar-refractivity contribution is -0.152. The largest absolute Gasteiger partial charge is 0.478 e. The number of hydrogen-bond donors (Lipinski definition) is 3. The second-order valence-corrected chi connectivity index (χ2v) is 3.99. The quantitative estimate of drug-likeness (QED) is 0.544. The van der Waals surface area contributed by atoms with Gasteiger partial charge in [-0.05, 0) is 18.2 Å². The molecular formula is C13H9NO7. The maximum absolute atomic E-state index is 11.2. The summed E-state index contributed by atoms with van der Waals surface area (Å²) in [7, 11) is 0. The summed E-state index contributed by atoms with van der Waals surface area (Å²) >= 11 is 0. The van der Waals surface area contributed by atoms with Crippen LogP contribution < -0.4 is 10.6 Å². The lowest BCUT2D eigenvalue weighted by Gasteiger charge is -2.17. The number of primary amides is 1. The molecule has 1 aromatic carbocycles. The molecule has 8 heteroatoms. The number of benzene rings is 1. The molecule has 0 spiro atoms. The number of carbonyl (C=O) groups excluding carboxylic acids is 1. The van der Waals surface area contributed by atoms with Gasteiger partial charge >= 0.3 is 11.9 Å². The molecule has 0 aromatic heterocycles. The zero-order valence-corrected chi connectivity index (χ0v) is 10.4. The van der Waals surface area contributed by atoms with E-state index in [0.29, 0.717) is 6.08 Å². The molecule has 1 aromatic rings. The lowest BCUT2D eigenvalue weighted by atomic mass is 9.95. The van der Waals surface area contributed by atoms with Gasteiger partial charge in [0.05, 0.1) is 5.57 Å². The van der Waals surface area contributed by atoms with Crippen LogP contribution in [0.1, 0.15) is 15.9 Å². The normalized spacial score (nSPS) is 13.3. The molecule has 0 saturated heterocycles. The van der Waals surface area contributed by atoms with Crippen LogP contribution in [0.15, 0.2) is 36.1 Å². The van der Waals surface area contributed by atoms with E-state index in [2.05, 4.69) is 4.89 Å². The first-order valence-electron chi connectivity index (χ1n) is 5.56. The molecule has 0 atom stereocenters. The van der Waals surface area contributed by atoms with Crippen LogP contribution in [-0.2, 0) is 14.5 Å². The molecule has 0 fully saturated rings. The van der Waals surface area contributed by atoms with Gasteiger partial charge in [0.25, 0.3) is 0 Å². The van der Waals surface area contributed by atoms with Crippen molar-refractivity contribution >= 4 is 23.4 Å². The van der Waals surface area contributed by atoms with E-state index in [1.807, 2.05) is 0 Å². The zero-order valence-electron chi connectivity index (χ0n) is 10.4. The van der Waals surface area contributed by atoms with Gasteiger partial charge in [-0.1, -0.05) is 0 Å². The average Bonchev–Trinajstić information content (AvgIpc) is 2.43. The van der Waals surface area contributed by atoms with Crippen LogP contribution in [0.25, 0.3) is 5.57 Å². The Morgan fingerprint density at radius 3 is 2.48 bits per heavy atom. The first-order chi connectivity index (χ1) is 9.90. The Kier molecular flexibility index (Phi) is 3.61. The third-order valence-electron chi connectivity index (χ3n) is 2.65. The van der Waals surface area contributed by atoms with Crippen molar-refractivity contribution in [3.63, 3.8) is 0 Å². The van der Waals surface area contributed by atoms with Crippen LogP contribution in [0.3, 0.4) is 0 Å². The van der Waals surface area contributed by atoms with Crippen LogP contribution in [0, 0.1) is 0 Å². The summed E-state index contributed by atoms with van der Waals surface area (Å²) in [5.41, 5.74) is 4.89. The van der Waals surface area contributed by atoms with E-state index < -0.39 is 23.4 Å². The highest BCUT2D eigenvalue weighted by molar-refractivity contribution is 6.10. The molecule has 0 unspecified atom stereocenters. The number of nitrogens with two attached hydrogens (primary N) is 1. The van der Waals surface area contributed by atoms with E-state index in [9.17, 15) is 14.4 Å². The second-order valence-electron chi connectivity index (χ2n) is 3.99. The summed E-state index contributed by atoms with van der Waals surface area (Å²) in [5, 5.41) is 17.9. The van der Waals surface area contributed by atoms with Crippen molar-refractivity contribution in [3.8, 4) is 5.75 Å². The van der Waals surface area contributed by atoms with Gasteiger partial charge in [0.15, 0.2) is 12.0 Å². The molecule has 21 heavy (non-hydrogen) atoms. The zero-order chi connectivity index (χ0) is 15.6. The fourth-order valence-corrected chi connectivity index (χ4v) is 1.74. The van der Waals surface area contributed by atoms with Gasteiger partial charge in [0, 0.05) is 22.8 Å². The molecule has 0 saturated carbocycles. The predicted molar refractivity (Wildman–Crippen MR) is 68.0 cm³/mol. The van der Waals surface area contributed by atoms with Gasteiger partial charge in [-0.3, -0.25) is 14.6 Å². The molecule has 0 aliphatic carbocycles. The van der Waals surface area contributed by atoms with Crippen LogP contribution >= 0.6 is 0 Å². The Balaban J connectivity index is 2.60. The van der Waals surface area contributed by atoms with Gasteiger partial charge in [0.2, 0.25) is 5.91 Å². The Labute approximate surface area is 117 Å². The second kappa shape index (κ2) is 5.37. The average molecular weight is 291 g/mol. The number of fused-ring (bicyclic) bond motifs is 1. The Morgan fingerprint density at radius 2 is 1.90 bits per heavy atom. The monoisotopic (exact) mass is 291 g/mol. The number of hydrogen-bond acceptors (Lipinski definition) is 5. The molecule has 0 bridgehead atoms. The molecule has 108 valence electrons. The van der Waals surface area contributed by atoms with Crippen LogP contribution in [0.2, 0.25) is 0 Å². The van der Waals surface area contributed by atoms with Gasteiger partial charge in [0.1, 0.15) is 0 Å². The molecule has 1 amide bonds. The molecule has 0 radical (unpaired) electrons. The molecule has 4 N–H and O–H groups in total. The smallest absolute Gasteiger partial charge is 0.336 e. The fourth-order valence-electron chi connectivity index (χ4n) is 1.74. The minimum atomic E-state index is -1.47. The number of amides is 1. The molecular weight excluding hydrogens is 282 g/mol. The summed E-state index contributed by atoms with van der Waals surface area (Å²) in [4.78, 5) is 42.6. The highest BCUT2D eigenvalue weighted by atomic mass is 17.2. The minimum absolute atomic E-state index is 0.0470. The van der Waals surface area contributed by atoms with E-state index in [-0.39, 0.29) is 22.4 Å². The first kappa shape index (κ1) is 14.1. The van der Waals surface area contributed by atoms with Crippen molar-refractivity contribution < 1.29 is 34.4 Å². The molecule has 2 rings (SSSR count). The van der Waals surface area contributed by atoms with Crippen molar-refractivity contribution in [2.75, 3.05) is 0 Å². The van der Waals surface area contributed by atoms with Crippen LogP contribution in [0.5, 0.6) is 5.75 Å². The summed E-state index contributed by atoms with van der Waals surface area (Å²) in [6, 6.07) is 4.03. The number of rotatable bonds is 4. The topological polar surface area (TPSA) is 136 Å². The van der Waals surface area contributed by atoms with E-state index in [0.717, 1.165) is 6.26 Å². The van der Waals surface area contributed by atoms with Crippen LogP contribution in [0.4, 0.5) is 0 Å². The summed E-state index contributed by atoms with van der Waals surface area (Å²) in [5.74, 6) is -3.49. The lowest BCUT2D eigenvalue weighted by Crippen LogP contribution is -2.14. The van der Waals surface area contributed by atoms with E-state index in [1.165, 1.54) is 18.2 Å². The molecule has 1 heterocycles. The highest BCUT2D eigenvalue weighted by Crippen LogP contribution is 2.35. The Morgan fingerprint density at radius 1 is 1.19 bits per heavy atom. The van der Waals surface area contributed by atoms with Gasteiger partial charge in [-0.25, -0.2) is 9.59 Å². The number of carboxylic acids is 2. The molecule has 1 aliphatic heterocycles. The molecule has 1 aliphatic rings. The maximum Gasteiger partial charge on any atom is 0.336 e. The van der Waals surface area contributed by atoms with Crippen molar-refractivity contribution in [2.24, 2.45) is 5.73 Å². The third kappa shape index (κ3) is 2.84. The van der Waals surface area contributed by atoms with Gasteiger partial charge in [-0.15, -0.1) is 0 Å². The predicted octanol–water partition coefficient (Wildman–Crippen LogP) is 0.546. The van der Waals surface area contributed by atoms with E-state index in [1.54, 1.807) is 0 Å². The Hall–Kier alpha value is -3.29. The first-order valence-corrected chi connectivity index (χ1v) is 5.56. The standard InChI is InChI=1S/C13H9NO7/c14-12(17)6-1-2-10-7(3-6)9(5-20-21-10)8(13(18)19)4-11(15)16/h1-5H,(H2,14,17)(H,15,16)(H,18,19). The van der Waals surface area contributed by atoms with Crippen molar-refractivity contribution in [1.82, 2.24) is 0 Å². The SMILES string of the molecule is NC(=O)c1ccc2c(c1)C(C(=CC(=O)O)C(=O)O)=COO2. The van der Waals surface area contributed by atoms with Crippen molar-refractivity contribution in [2.45, 2.75) is 0 Å². The minimum Gasteiger partial charge on any atom is -0.478 e. The van der Waals surface area contributed by atoms with Crippen LogP contribution in [-0.4, -0.2) is 28.1 Å².